The molecule has 1 aliphatic heterocycles. The Kier molecular flexibility index (Phi) is 6.68. The molecule has 0 saturated carbocycles. The Balaban J connectivity index is 2.00. The summed E-state index contributed by atoms with van der Waals surface area (Å²) in [6.07, 6.45) is 2.30. The standard InChI is InChI=1S/C20H25FN2O5S2/c1-15(2)28-20-11-10-18(30(26,27)23-12-4-3-5-13-23)14-19(20)22-29(24,25)17-8-6-16(21)7-9-17/h6-11,14-15,22H,3-5,12-13H2,1-2H3. The van der Waals surface area contributed by atoms with Gasteiger partial charge >= 0.3 is 0 Å². The molecule has 1 aliphatic rings. The highest BCUT2D eigenvalue weighted by molar-refractivity contribution is 7.92. The highest BCUT2D eigenvalue weighted by Gasteiger charge is 2.27. The molecule has 1 saturated heterocycles. The molecule has 3 rings (SSSR count). The third-order valence-corrected chi connectivity index (χ3v) is 7.91. The molecule has 164 valence electrons. The van der Waals surface area contributed by atoms with Crippen LogP contribution in [-0.4, -0.2) is 40.3 Å². The van der Waals surface area contributed by atoms with Crippen LogP contribution in [0, 0.1) is 5.82 Å². The van der Waals surface area contributed by atoms with Gasteiger partial charge in [-0.25, -0.2) is 21.2 Å². The van der Waals surface area contributed by atoms with Crippen LogP contribution in [0.4, 0.5) is 10.1 Å². The quantitative estimate of drug-likeness (QED) is 0.687. The molecule has 0 radical (unpaired) electrons. The zero-order chi connectivity index (χ0) is 21.9. The summed E-state index contributed by atoms with van der Waals surface area (Å²) in [5, 5.41) is 0. The van der Waals surface area contributed by atoms with Gasteiger partial charge in [0.1, 0.15) is 11.6 Å². The monoisotopic (exact) mass is 456 g/mol. The number of hydrogen-bond acceptors (Lipinski definition) is 5. The summed E-state index contributed by atoms with van der Waals surface area (Å²) >= 11 is 0. The number of nitrogens with one attached hydrogen (secondary N) is 1. The van der Waals surface area contributed by atoms with Crippen molar-refractivity contribution in [2.24, 2.45) is 0 Å². The van der Waals surface area contributed by atoms with Gasteiger partial charge in [-0.05, 0) is 69.2 Å². The first-order valence-corrected chi connectivity index (χ1v) is 12.6. The number of benzene rings is 2. The van der Waals surface area contributed by atoms with Crippen molar-refractivity contribution in [2.45, 2.75) is 49.0 Å². The summed E-state index contributed by atoms with van der Waals surface area (Å²) in [6.45, 7) is 4.42. The molecule has 0 bridgehead atoms. The van der Waals surface area contributed by atoms with Crippen molar-refractivity contribution >= 4 is 25.7 Å². The zero-order valence-electron chi connectivity index (χ0n) is 16.8. The molecule has 2 aromatic carbocycles. The van der Waals surface area contributed by atoms with Gasteiger partial charge in [0.2, 0.25) is 10.0 Å². The summed E-state index contributed by atoms with van der Waals surface area (Å²) in [6, 6.07) is 8.47. The van der Waals surface area contributed by atoms with E-state index in [0.29, 0.717) is 13.1 Å². The highest BCUT2D eigenvalue weighted by Crippen LogP contribution is 2.32. The molecule has 0 amide bonds. The van der Waals surface area contributed by atoms with E-state index in [1.807, 2.05) is 0 Å². The number of hydrogen-bond donors (Lipinski definition) is 1. The third-order valence-electron chi connectivity index (χ3n) is 4.63. The van der Waals surface area contributed by atoms with Gasteiger partial charge in [-0.2, -0.15) is 4.31 Å². The van der Waals surface area contributed by atoms with Crippen LogP contribution in [0.5, 0.6) is 5.75 Å². The molecule has 0 spiro atoms. The van der Waals surface area contributed by atoms with Crippen LogP contribution in [0.15, 0.2) is 52.3 Å². The smallest absolute Gasteiger partial charge is 0.262 e. The molecule has 0 atom stereocenters. The lowest BCUT2D eigenvalue weighted by atomic mass is 10.2. The lowest BCUT2D eigenvalue weighted by Crippen LogP contribution is -2.35. The molecule has 2 aromatic rings. The van der Waals surface area contributed by atoms with E-state index in [0.717, 1.165) is 43.5 Å². The van der Waals surface area contributed by atoms with Crippen molar-refractivity contribution in [3.05, 3.63) is 48.3 Å². The average Bonchev–Trinajstić information content (AvgIpc) is 2.69. The maximum Gasteiger partial charge on any atom is 0.262 e. The van der Waals surface area contributed by atoms with Gasteiger partial charge in [0, 0.05) is 13.1 Å². The minimum atomic E-state index is -4.08. The number of nitrogens with zero attached hydrogens (tertiary/aromatic N) is 1. The molecule has 1 N–H and O–H groups in total. The van der Waals surface area contributed by atoms with Crippen LogP contribution >= 0.6 is 0 Å². The second kappa shape index (κ2) is 8.91. The van der Waals surface area contributed by atoms with Crippen LogP contribution < -0.4 is 9.46 Å². The predicted octanol–water partition coefficient (Wildman–Crippen LogP) is 3.59. The average molecular weight is 457 g/mol. The fraction of sp³-hybridized carbons (Fsp3) is 0.400. The SMILES string of the molecule is CC(C)Oc1ccc(S(=O)(=O)N2CCCCC2)cc1NS(=O)(=O)c1ccc(F)cc1. The second-order valence-electron chi connectivity index (χ2n) is 7.35. The molecule has 0 unspecified atom stereocenters. The van der Waals surface area contributed by atoms with Gasteiger partial charge in [-0.15, -0.1) is 0 Å². The number of sulfonamides is 2. The van der Waals surface area contributed by atoms with Crippen molar-refractivity contribution in [1.82, 2.24) is 4.31 Å². The normalized spacial score (nSPS) is 15.9. The van der Waals surface area contributed by atoms with E-state index < -0.39 is 25.9 Å². The van der Waals surface area contributed by atoms with Crippen LogP contribution in [0.2, 0.25) is 0 Å². The zero-order valence-corrected chi connectivity index (χ0v) is 18.5. The maximum absolute atomic E-state index is 13.2. The molecule has 0 aromatic heterocycles. The summed E-state index contributed by atoms with van der Waals surface area (Å²) in [7, 11) is -7.84. The van der Waals surface area contributed by atoms with E-state index in [9.17, 15) is 21.2 Å². The lowest BCUT2D eigenvalue weighted by Gasteiger charge is -2.26. The van der Waals surface area contributed by atoms with Crippen LogP contribution in [0.3, 0.4) is 0 Å². The maximum atomic E-state index is 13.2. The van der Waals surface area contributed by atoms with Crippen molar-refractivity contribution in [3.63, 3.8) is 0 Å². The number of rotatable bonds is 7. The summed E-state index contributed by atoms with van der Waals surface area (Å²) in [5.41, 5.74) is 0.00566. The summed E-state index contributed by atoms with van der Waals surface area (Å²) in [5.74, 6) is -0.360. The van der Waals surface area contributed by atoms with Gasteiger partial charge in [0.15, 0.2) is 0 Å². The minimum absolute atomic E-state index is 0.00566. The van der Waals surface area contributed by atoms with Crippen molar-refractivity contribution in [2.75, 3.05) is 17.8 Å². The molecule has 0 aliphatic carbocycles. The first-order chi connectivity index (χ1) is 14.1. The van der Waals surface area contributed by atoms with Crippen molar-refractivity contribution < 1.29 is 26.0 Å². The van der Waals surface area contributed by atoms with Gasteiger partial charge in [-0.1, -0.05) is 6.42 Å². The molecular formula is C20H25FN2O5S2. The number of piperidine rings is 1. The fourth-order valence-electron chi connectivity index (χ4n) is 3.18. The Hall–Kier alpha value is -2.17. The van der Waals surface area contributed by atoms with Crippen LogP contribution in [0.25, 0.3) is 0 Å². The Morgan fingerprint density at radius 1 is 0.933 bits per heavy atom. The van der Waals surface area contributed by atoms with Gasteiger partial charge in [0.05, 0.1) is 21.6 Å². The fourth-order valence-corrected chi connectivity index (χ4v) is 5.78. The Morgan fingerprint density at radius 3 is 2.13 bits per heavy atom. The predicted molar refractivity (Wildman–Crippen MR) is 112 cm³/mol. The third kappa shape index (κ3) is 5.11. The van der Waals surface area contributed by atoms with E-state index in [4.69, 9.17) is 4.74 Å². The molecule has 7 nitrogen and oxygen atoms in total. The van der Waals surface area contributed by atoms with E-state index in [1.54, 1.807) is 13.8 Å². The van der Waals surface area contributed by atoms with E-state index in [1.165, 1.54) is 22.5 Å². The number of ether oxygens (including phenoxy) is 1. The summed E-state index contributed by atoms with van der Waals surface area (Å²) in [4.78, 5) is -0.166. The summed E-state index contributed by atoms with van der Waals surface area (Å²) < 4.78 is 74.2. The van der Waals surface area contributed by atoms with Crippen molar-refractivity contribution in [3.8, 4) is 5.75 Å². The van der Waals surface area contributed by atoms with Gasteiger partial charge in [-0.3, -0.25) is 4.72 Å². The van der Waals surface area contributed by atoms with Crippen LogP contribution in [-0.2, 0) is 20.0 Å². The molecular weight excluding hydrogens is 431 g/mol. The van der Waals surface area contributed by atoms with Gasteiger partial charge in [0.25, 0.3) is 10.0 Å². The first kappa shape index (κ1) is 22.5. The Bertz CT molecular complexity index is 1090. The van der Waals surface area contributed by atoms with Crippen molar-refractivity contribution in [1.29, 1.82) is 0 Å². The van der Waals surface area contributed by atoms with Crippen LogP contribution in [0.1, 0.15) is 33.1 Å². The lowest BCUT2D eigenvalue weighted by molar-refractivity contribution is 0.243. The molecule has 10 heteroatoms. The minimum Gasteiger partial charge on any atom is -0.489 e. The number of anilines is 1. The Labute approximate surface area is 177 Å². The molecule has 1 heterocycles. The van der Waals surface area contributed by atoms with E-state index in [-0.39, 0.29) is 27.3 Å². The largest absolute Gasteiger partial charge is 0.489 e. The highest BCUT2D eigenvalue weighted by atomic mass is 32.2. The van der Waals surface area contributed by atoms with Gasteiger partial charge < -0.3 is 4.74 Å². The Morgan fingerprint density at radius 2 is 1.53 bits per heavy atom. The first-order valence-electron chi connectivity index (χ1n) is 9.69. The number of halogens is 1. The molecule has 1 fully saturated rings. The topological polar surface area (TPSA) is 92.8 Å². The molecule has 30 heavy (non-hydrogen) atoms. The second-order valence-corrected chi connectivity index (χ2v) is 11.0. The van der Waals surface area contributed by atoms with E-state index in [2.05, 4.69) is 4.72 Å². The van der Waals surface area contributed by atoms with E-state index >= 15 is 0 Å².